The summed E-state index contributed by atoms with van der Waals surface area (Å²) in [5.41, 5.74) is 17.8. The van der Waals surface area contributed by atoms with E-state index in [1.807, 2.05) is 0 Å². The van der Waals surface area contributed by atoms with Crippen LogP contribution in [0.1, 0.15) is 22.3 Å². The van der Waals surface area contributed by atoms with Gasteiger partial charge >= 0.3 is 0 Å². The Morgan fingerprint density at radius 3 is 1.30 bits per heavy atom. The fraction of sp³-hybridized carbons (Fsp3) is 0.0159. The number of hydrogen-bond donors (Lipinski definition) is 0. The lowest BCUT2D eigenvalue weighted by molar-refractivity contribution is 0.769. The summed E-state index contributed by atoms with van der Waals surface area (Å²) in [6.45, 7) is 0. The Balaban J connectivity index is 0.935. The van der Waals surface area contributed by atoms with Crippen LogP contribution >= 0.6 is 0 Å². The maximum Gasteiger partial charge on any atom is 0.0713 e. The minimum absolute atomic E-state index is 0.444. The lowest BCUT2D eigenvalue weighted by atomic mass is 9.67. The second kappa shape index (κ2) is 15.6. The molecule has 0 aromatic heterocycles. The molecule has 1 aliphatic carbocycles. The Labute approximate surface area is 374 Å². The minimum Gasteiger partial charge on any atom is -0.311 e. The average Bonchev–Trinajstić information content (AvgIpc) is 3.68. The Morgan fingerprint density at radius 2 is 0.672 bits per heavy atom. The maximum atomic E-state index is 2.44. The van der Waals surface area contributed by atoms with E-state index in [1.165, 1.54) is 88.3 Å². The van der Waals surface area contributed by atoms with Gasteiger partial charge in [0.05, 0.1) is 5.41 Å². The summed E-state index contributed by atoms with van der Waals surface area (Å²) in [7, 11) is 0. The highest BCUT2D eigenvalue weighted by Gasteiger charge is 2.46. The Bertz CT molecular complexity index is 3410. The number of hydrogen-bond acceptors (Lipinski definition) is 1. The van der Waals surface area contributed by atoms with Gasteiger partial charge in [-0.3, -0.25) is 0 Å². The summed E-state index contributed by atoms with van der Waals surface area (Å²) in [5.74, 6) is 0. The predicted octanol–water partition coefficient (Wildman–Crippen LogP) is 16.8. The van der Waals surface area contributed by atoms with Crippen molar-refractivity contribution >= 4 is 38.6 Å². The molecule has 0 saturated heterocycles. The Hall–Kier alpha value is -8.26. The van der Waals surface area contributed by atoms with E-state index in [9.17, 15) is 0 Å². The fourth-order valence-corrected chi connectivity index (χ4v) is 10.3. The van der Waals surface area contributed by atoms with Gasteiger partial charge < -0.3 is 4.90 Å². The van der Waals surface area contributed by atoms with Gasteiger partial charge in [0, 0.05) is 17.1 Å². The maximum absolute atomic E-state index is 2.44. The first-order chi connectivity index (χ1) is 31.7. The van der Waals surface area contributed by atoms with E-state index in [1.54, 1.807) is 0 Å². The molecule has 0 N–H and O–H groups in total. The predicted molar refractivity (Wildman–Crippen MR) is 270 cm³/mol. The Kier molecular flexibility index (Phi) is 9.13. The van der Waals surface area contributed by atoms with Crippen LogP contribution in [0.2, 0.25) is 0 Å². The fourth-order valence-electron chi connectivity index (χ4n) is 10.3. The molecule has 1 heteroatoms. The van der Waals surface area contributed by atoms with Crippen LogP contribution in [0, 0.1) is 0 Å². The third-order valence-corrected chi connectivity index (χ3v) is 13.4. The molecular weight excluding hydrogens is 771 g/mol. The standard InChI is InChI=1S/C63H43N/c1-4-14-44(15-5-1)45-26-34-54(35-27-45)64(55-36-28-46(29-37-55)49-32-40-58-51(42-49)25-24-48-16-10-11-21-57(48)58)56-38-30-47(31-39-56)50-33-41-60-59-22-12-13-23-61(59)63(62(60)43-50,52-17-6-2-7-18-52)53-19-8-3-9-20-53/h1-43H. The highest BCUT2D eigenvalue weighted by molar-refractivity contribution is 6.08. The van der Waals surface area contributed by atoms with Crippen molar-refractivity contribution in [3.05, 3.63) is 283 Å². The first kappa shape index (κ1) is 37.5. The SMILES string of the molecule is c1ccc(-c2ccc(N(c3ccc(-c4ccc5c(c4)C(c4ccccc4)(c4ccccc4)c4ccccc4-5)cc3)c3ccc(-c4ccc5c(ccc6ccccc65)c4)cc3)cc2)cc1. The second-order valence-electron chi connectivity index (χ2n) is 16.9. The average molecular weight is 814 g/mol. The molecule has 300 valence electrons. The number of fused-ring (bicyclic) bond motifs is 6. The van der Waals surface area contributed by atoms with Gasteiger partial charge in [0.15, 0.2) is 0 Å². The number of nitrogens with zero attached hydrogens (tertiary/aromatic N) is 1. The third-order valence-electron chi connectivity index (χ3n) is 13.4. The minimum atomic E-state index is -0.444. The molecule has 12 rings (SSSR count). The van der Waals surface area contributed by atoms with Crippen molar-refractivity contribution in [3.8, 4) is 44.5 Å². The van der Waals surface area contributed by atoms with Crippen LogP contribution in [0.25, 0.3) is 66.1 Å². The molecule has 0 bridgehead atoms. The molecule has 1 aliphatic rings. The van der Waals surface area contributed by atoms with Crippen molar-refractivity contribution in [2.45, 2.75) is 5.41 Å². The van der Waals surface area contributed by atoms with E-state index in [0.717, 1.165) is 17.1 Å². The quantitative estimate of drug-likeness (QED) is 0.138. The molecule has 0 saturated carbocycles. The molecule has 0 aliphatic heterocycles. The van der Waals surface area contributed by atoms with Gasteiger partial charge in [-0.15, -0.1) is 0 Å². The van der Waals surface area contributed by atoms with E-state index in [-0.39, 0.29) is 0 Å². The molecule has 0 radical (unpaired) electrons. The van der Waals surface area contributed by atoms with Crippen LogP contribution in [-0.2, 0) is 5.41 Å². The van der Waals surface area contributed by atoms with Crippen molar-refractivity contribution in [2.24, 2.45) is 0 Å². The lowest BCUT2D eigenvalue weighted by Gasteiger charge is -2.34. The summed E-state index contributed by atoms with van der Waals surface area (Å²) in [6, 6.07) is 95.7. The van der Waals surface area contributed by atoms with Gasteiger partial charge in [-0.25, -0.2) is 0 Å². The van der Waals surface area contributed by atoms with E-state index in [2.05, 4.69) is 266 Å². The molecule has 0 fully saturated rings. The number of rotatable bonds is 8. The normalized spacial score (nSPS) is 12.5. The molecule has 0 atom stereocenters. The number of anilines is 3. The third kappa shape index (κ3) is 6.24. The lowest BCUT2D eigenvalue weighted by Crippen LogP contribution is -2.28. The van der Waals surface area contributed by atoms with Crippen LogP contribution in [0.15, 0.2) is 261 Å². The van der Waals surface area contributed by atoms with E-state index < -0.39 is 5.41 Å². The first-order valence-corrected chi connectivity index (χ1v) is 22.2. The van der Waals surface area contributed by atoms with Crippen molar-refractivity contribution in [3.63, 3.8) is 0 Å². The summed E-state index contributed by atoms with van der Waals surface area (Å²) in [4.78, 5) is 2.37. The zero-order valence-electron chi connectivity index (χ0n) is 35.3. The molecule has 11 aromatic carbocycles. The summed E-state index contributed by atoms with van der Waals surface area (Å²) < 4.78 is 0. The van der Waals surface area contributed by atoms with Gasteiger partial charge in [0.2, 0.25) is 0 Å². The van der Waals surface area contributed by atoms with Crippen molar-refractivity contribution < 1.29 is 0 Å². The van der Waals surface area contributed by atoms with Crippen LogP contribution in [0.5, 0.6) is 0 Å². The Morgan fingerprint density at radius 1 is 0.250 bits per heavy atom. The smallest absolute Gasteiger partial charge is 0.0713 e. The molecule has 0 amide bonds. The molecule has 0 heterocycles. The van der Waals surface area contributed by atoms with Crippen LogP contribution in [0.3, 0.4) is 0 Å². The topological polar surface area (TPSA) is 3.24 Å². The second-order valence-corrected chi connectivity index (χ2v) is 16.9. The van der Waals surface area contributed by atoms with Crippen LogP contribution in [-0.4, -0.2) is 0 Å². The van der Waals surface area contributed by atoms with E-state index >= 15 is 0 Å². The summed E-state index contributed by atoms with van der Waals surface area (Å²) in [5, 5.41) is 5.09. The number of benzene rings is 11. The van der Waals surface area contributed by atoms with Gasteiger partial charge in [0.25, 0.3) is 0 Å². The van der Waals surface area contributed by atoms with E-state index in [4.69, 9.17) is 0 Å². The van der Waals surface area contributed by atoms with Gasteiger partial charge in [0.1, 0.15) is 0 Å². The molecule has 0 unspecified atom stereocenters. The molecule has 0 spiro atoms. The zero-order chi connectivity index (χ0) is 42.5. The van der Waals surface area contributed by atoms with Crippen molar-refractivity contribution in [2.75, 3.05) is 4.90 Å². The van der Waals surface area contributed by atoms with Gasteiger partial charge in [-0.2, -0.15) is 0 Å². The molecule has 1 nitrogen and oxygen atoms in total. The summed E-state index contributed by atoms with van der Waals surface area (Å²) >= 11 is 0. The molecular formula is C63H43N. The molecule has 11 aromatic rings. The zero-order valence-corrected chi connectivity index (χ0v) is 35.3. The van der Waals surface area contributed by atoms with Gasteiger partial charge in [-0.1, -0.05) is 212 Å². The van der Waals surface area contributed by atoms with Crippen molar-refractivity contribution in [1.29, 1.82) is 0 Å². The van der Waals surface area contributed by atoms with E-state index in [0.29, 0.717) is 0 Å². The van der Waals surface area contributed by atoms with Crippen LogP contribution < -0.4 is 4.90 Å². The largest absolute Gasteiger partial charge is 0.311 e. The van der Waals surface area contributed by atoms with Crippen LogP contribution in [0.4, 0.5) is 17.1 Å². The molecule has 64 heavy (non-hydrogen) atoms. The highest BCUT2D eigenvalue weighted by atomic mass is 15.1. The summed E-state index contributed by atoms with van der Waals surface area (Å²) in [6.07, 6.45) is 0. The van der Waals surface area contributed by atoms with Gasteiger partial charge in [-0.05, 0) is 137 Å². The first-order valence-electron chi connectivity index (χ1n) is 22.2. The monoisotopic (exact) mass is 813 g/mol. The van der Waals surface area contributed by atoms with Crippen molar-refractivity contribution in [1.82, 2.24) is 0 Å². The highest BCUT2D eigenvalue weighted by Crippen LogP contribution is 2.56.